The lowest BCUT2D eigenvalue weighted by Crippen LogP contribution is -2.40. The average molecular weight is 424 g/mol. The minimum Gasteiger partial charge on any atom is -0.494 e. The lowest BCUT2D eigenvalue weighted by Gasteiger charge is -2.23. The zero-order valence-electron chi connectivity index (χ0n) is 18.4. The van der Waals surface area contributed by atoms with E-state index in [1.165, 1.54) is 9.80 Å². The first-order valence-electron chi connectivity index (χ1n) is 10.5. The van der Waals surface area contributed by atoms with Crippen LogP contribution in [0.15, 0.2) is 48.5 Å². The fraction of sp³-hybridized carbons (Fsp3) is 0.375. The van der Waals surface area contributed by atoms with Gasteiger partial charge in [0.1, 0.15) is 11.8 Å². The molecule has 0 aliphatic carbocycles. The molecule has 1 atom stereocenters. The Labute approximate surface area is 183 Å². The summed E-state index contributed by atoms with van der Waals surface area (Å²) < 4.78 is 5.41. The van der Waals surface area contributed by atoms with Crippen LogP contribution in [0, 0.1) is 12.8 Å². The molecule has 31 heavy (non-hydrogen) atoms. The van der Waals surface area contributed by atoms with Crippen molar-refractivity contribution in [1.29, 1.82) is 0 Å². The van der Waals surface area contributed by atoms with Crippen LogP contribution in [0.5, 0.6) is 5.75 Å². The highest BCUT2D eigenvalue weighted by molar-refractivity contribution is 6.22. The second-order valence-corrected chi connectivity index (χ2v) is 8.07. The van der Waals surface area contributed by atoms with E-state index < -0.39 is 6.04 Å². The number of rotatable bonds is 8. The van der Waals surface area contributed by atoms with E-state index in [-0.39, 0.29) is 30.2 Å². The van der Waals surface area contributed by atoms with E-state index >= 15 is 0 Å². The molecule has 1 saturated heterocycles. The molecule has 4 amide bonds. The topological polar surface area (TPSA) is 79.0 Å². The van der Waals surface area contributed by atoms with E-state index in [9.17, 15) is 14.4 Å². The van der Waals surface area contributed by atoms with Gasteiger partial charge in [0.05, 0.1) is 18.7 Å². The van der Waals surface area contributed by atoms with Gasteiger partial charge in [0.15, 0.2) is 0 Å². The first-order valence-corrected chi connectivity index (χ1v) is 10.5. The normalized spacial score (nSPS) is 16.2. The number of nitrogens with zero attached hydrogens (tertiary/aromatic N) is 2. The number of nitrogens with one attached hydrogen (secondary N) is 1. The van der Waals surface area contributed by atoms with Crippen molar-refractivity contribution < 1.29 is 19.1 Å². The second-order valence-electron chi connectivity index (χ2n) is 8.07. The maximum Gasteiger partial charge on any atom is 0.332 e. The number of urea groups is 1. The van der Waals surface area contributed by atoms with E-state index in [0.717, 1.165) is 5.56 Å². The van der Waals surface area contributed by atoms with Crippen molar-refractivity contribution in [3.63, 3.8) is 0 Å². The fourth-order valence-corrected chi connectivity index (χ4v) is 3.63. The molecule has 1 heterocycles. The molecule has 1 fully saturated rings. The molecule has 2 aromatic carbocycles. The van der Waals surface area contributed by atoms with Gasteiger partial charge in [-0.15, -0.1) is 0 Å². The summed E-state index contributed by atoms with van der Waals surface area (Å²) in [6, 6.07) is 13.1. The third kappa shape index (κ3) is 5.23. The summed E-state index contributed by atoms with van der Waals surface area (Å²) in [7, 11) is 0. The van der Waals surface area contributed by atoms with Gasteiger partial charge < -0.3 is 15.0 Å². The lowest BCUT2D eigenvalue weighted by atomic mass is 10.1. The second kappa shape index (κ2) is 9.64. The van der Waals surface area contributed by atoms with Gasteiger partial charge in [-0.3, -0.25) is 9.59 Å². The molecule has 0 bridgehead atoms. The van der Waals surface area contributed by atoms with Crippen molar-refractivity contribution in [2.45, 2.75) is 40.2 Å². The Balaban J connectivity index is 1.77. The molecule has 7 nitrogen and oxygen atoms in total. The van der Waals surface area contributed by atoms with Gasteiger partial charge in [-0.2, -0.15) is 0 Å². The summed E-state index contributed by atoms with van der Waals surface area (Å²) in [5.41, 5.74) is 2.08. The van der Waals surface area contributed by atoms with Gasteiger partial charge in [-0.25, -0.2) is 9.69 Å². The van der Waals surface area contributed by atoms with Gasteiger partial charge in [-0.05, 0) is 61.7 Å². The maximum atomic E-state index is 13.2. The van der Waals surface area contributed by atoms with Crippen molar-refractivity contribution >= 4 is 29.2 Å². The molecule has 0 aromatic heterocycles. The van der Waals surface area contributed by atoms with Crippen molar-refractivity contribution in [3.8, 4) is 5.75 Å². The van der Waals surface area contributed by atoms with E-state index in [1.807, 2.05) is 39.8 Å². The summed E-state index contributed by atoms with van der Waals surface area (Å²) >= 11 is 0. The van der Waals surface area contributed by atoms with Crippen LogP contribution in [0.2, 0.25) is 0 Å². The Bertz CT molecular complexity index is 956. The number of carbonyl (C=O) groups excluding carboxylic acids is 3. The highest BCUT2D eigenvalue weighted by Gasteiger charge is 2.46. The number of carbonyl (C=O) groups is 3. The molecule has 1 N–H and O–H groups in total. The Hall–Kier alpha value is -3.35. The molecule has 3 rings (SSSR count). The van der Waals surface area contributed by atoms with E-state index in [2.05, 4.69) is 5.32 Å². The van der Waals surface area contributed by atoms with E-state index in [0.29, 0.717) is 30.3 Å². The first kappa shape index (κ1) is 22.3. The Morgan fingerprint density at radius 2 is 1.84 bits per heavy atom. The molecule has 2 aromatic rings. The van der Waals surface area contributed by atoms with Crippen LogP contribution in [0.4, 0.5) is 16.2 Å². The van der Waals surface area contributed by atoms with Crippen LogP contribution >= 0.6 is 0 Å². The largest absolute Gasteiger partial charge is 0.494 e. The Morgan fingerprint density at radius 1 is 1.13 bits per heavy atom. The van der Waals surface area contributed by atoms with Crippen molar-refractivity contribution in [3.05, 3.63) is 54.1 Å². The van der Waals surface area contributed by atoms with Gasteiger partial charge in [0, 0.05) is 12.2 Å². The predicted molar refractivity (Wildman–Crippen MR) is 120 cm³/mol. The Kier molecular flexibility index (Phi) is 6.95. The Morgan fingerprint density at radius 3 is 2.45 bits per heavy atom. The van der Waals surface area contributed by atoms with Gasteiger partial charge in [-0.1, -0.05) is 26.0 Å². The van der Waals surface area contributed by atoms with Crippen LogP contribution in [0.1, 0.15) is 32.8 Å². The molecule has 164 valence electrons. The monoisotopic (exact) mass is 423 g/mol. The van der Waals surface area contributed by atoms with E-state index in [4.69, 9.17) is 4.74 Å². The maximum absolute atomic E-state index is 13.2. The molecular weight excluding hydrogens is 394 g/mol. The smallest absolute Gasteiger partial charge is 0.332 e. The highest BCUT2D eigenvalue weighted by Crippen LogP contribution is 2.28. The zero-order valence-corrected chi connectivity index (χ0v) is 18.4. The number of aryl methyl sites for hydroxylation is 1. The van der Waals surface area contributed by atoms with Crippen LogP contribution in [0.25, 0.3) is 0 Å². The van der Waals surface area contributed by atoms with Crippen molar-refractivity contribution in [2.75, 3.05) is 23.4 Å². The lowest BCUT2D eigenvalue weighted by molar-refractivity contribution is -0.124. The predicted octanol–water partition coefficient (Wildman–Crippen LogP) is 4.22. The zero-order chi connectivity index (χ0) is 22.5. The summed E-state index contributed by atoms with van der Waals surface area (Å²) in [4.78, 5) is 41.7. The summed E-state index contributed by atoms with van der Waals surface area (Å²) in [5, 5.41) is 2.81. The fourth-order valence-electron chi connectivity index (χ4n) is 3.63. The summed E-state index contributed by atoms with van der Waals surface area (Å²) in [5.74, 6) is 0.174. The van der Waals surface area contributed by atoms with Crippen molar-refractivity contribution in [2.24, 2.45) is 5.92 Å². The average Bonchev–Trinajstić information content (AvgIpc) is 2.93. The molecule has 0 spiro atoms. The number of hydrogen-bond acceptors (Lipinski definition) is 4. The van der Waals surface area contributed by atoms with Gasteiger partial charge in [0.2, 0.25) is 5.91 Å². The quantitative estimate of drug-likeness (QED) is 0.645. The molecular formula is C24H29N3O4. The molecule has 1 aliphatic rings. The van der Waals surface area contributed by atoms with Crippen LogP contribution < -0.4 is 15.0 Å². The summed E-state index contributed by atoms with van der Waals surface area (Å²) in [6.45, 7) is 8.72. The minimum atomic E-state index is -0.835. The number of imide groups is 1. The number of hydrogen-bond donors (Lipinski definition) is 1. The molecule has 7 heteroatoms. The van der Waals surface area contributed by atoms with Crippen LogP contribution in [-0.2, 0) is 9.59 Å². The van der Waals surface area contributed by atoms with Gasteiger partial charge >= 0.3 is 6.03 Å². The molecule has 0 unspecified atom stereocenters. The molecule has 0 saturated carbocycles. The van der Waals surface area contributed by atoms with Crippen LogP contribution in [0.3, 0.4) is 0 Å². The number of anilines is 2. The highest BCUT2D eigenvalue weighted by atomic mass is 16.5. The van der Waals surface area contributed by atoms with E-state index in [1.54, 1.807) is 36.4 Å². The van der Waals surface area contributed by atoms with Crippen molar-refractivity contribution in [1.82, 2.24) is 4.90 Å². The molecule has 1 aliphatic heterocycles. The minimum absolute atomic E-state index is 0.104. The van der Waals surface area contributed by atoms with Gasteiger partial charge in [0.25, 0.3) is 5.91 Å². The number of benzene rings is 2. The SMILES string of the molecule is CCOc1ccc(NC(=O)C[C@@H]2C(=O)N(c3cccc(C)c3)C(=O)N2CC(C)C)cc1. The number of amides is 4. The van der Waals surface area contributed by atoms with Crippen LogP contribution in [-0.4, -0.2) is 41.9 Å². The number of ether oxygens (including phenoxy) is 1. The standard InChI is InChI=1S/C24H29N3O4/c1-5-31-20-11-9-18(10-12-20)25-22(28)14-21-23(29)27(19-8-6-7-17(4)13-19)24(30)26(21)15-16(2)3/h6-13,16,21H,5,14-15H2,1-4H3,(H,25,28)/t21-/m1/s1. The third-order valence-electron chi connectivity index (χ3n) is 4.97. The molecule has 0 radical (unpaired) electrons. The summed E-state index contributed by atoms with van der Waals surface area (Å²) in [6.07, 6.45) is -0.104. The third-order valence-corrected chi connectivity index (χ3v) is 4.97. The first-order chi connectivity index (χ1) is 14.8.